The molecule has 0 N–H and O–H groups in total. The van der Waals surface area contributed by atoms with E-state index in [1.807, 2.05) is 0 Å². The number of sulfone groups is 1. The lowest BCUT2D eigenvalue weighted by atomic mass is 10.2. The minimum atomic E-state index is -4.46. The number of benzene rings is 1. The van der Waals surface area contributed by atoms with Gasteiger partial charge in [0.1, 0.15) is 0 Å². The van der Waals surface area contributed by atoms with Gasteiger partial charge in [-0.3, -0.25) is 0 Å². The number of epoxide rings is 1. The molecule has 1 saturated heterocycles. The topological polar surface area (TPSA) is 46.7 Å². The van der Waals surface area contributed by atoms with E-state index in [0.717, 1.165) is 24.3 Å². The summed E-state index contributed by atoms with van der Waals surface area (Å²) >= 11 is 0. The summed E-state index contributed by atoms with van der Waals surface area (Å²) in [5.41, 5.74) is -0.862. The van der Waals surface area contributed by atoms with Crippen molar-refractivity contribution in [3.63, 3.8) is 0 Å². The molecule has 0 saturated carbocycles. The maximum atomic E-state index is 12.3. The Morgan fingerprint density at radius 1 is 1.24 bits per heavy atom. The van der Waals surface area contributed by atoms with Crippen LogP contribution in [0.4, 0.5) is 13.2 Å². The molecule has 2 rings (SSSR count). The van der Waals surface area contributed by atoms with Crippen LogP contribution in [0.3, 0.4) is 0 Å². The third kappa shape index (κ3) is 2.98. The van der Waals surface area contributed by atoms with Crippen LogP contribution in [0.25, 0.3) is 0 Å². The summed E-state index contributed by atoms with van der Waals surface area (Å²) in [6.07, 6.45) is -4.77. The van der Waals surface area contributed by atoms with Crippen molar-refractivity contribution >= 4 is 9.84 Å². The molecule has 1 aromatic carbocycles. The quantitative estimate of drug-likeness (QED) is 0.785. The highest BCUT2D eigenvalue weighted by molar-refractivity contribution is 7.91. The molecular weight excluding hydrogens is 257 g/mol. The van der Waals surface area contributed by atoms with Gasteiger partial charge in [0.25, 0.3) is 0 Å². The van der Waals surface area contributed by atoms with Gasteiger partial charge in [-0.2, -0.15) is 13.2 Å². The fourth-order valence-corrected chi connectivity index (χ4v) is 2.78. The molecule has 94 valence electrons. The van der Waals surface area contributed by atoms with Gasteiger partial charge in [0, 0.05) is 0 Å². The van der Waals surface area contributed by atoms with Crippen molar-refractivity contribution in [3.05, 3.63) is 29.8 Å². The summed E-state index contributed by atoms with van der Waals surface area (Å²) in [5.74, 6) is -0.182. The minimum absolute atomic E-state index is 0.110. The number of hydrogen-bond acceptors (Lipinski definition) is 3. The van der Waals surface area contributed by atoms with Gasteiger partial charge in [-0.15, -0.1) is 0 Å². The van der Waals surface area contributed by atoms with Crippen molar-refractivity contribution in [3.8, 4) is 0 Å². The molecule has 1 unspecified atom stereocenters. The van der Waals surface area contributed by atoms with Crippen LogP contribution >= 0.6 is 0 Å². The first kappa shape index (κ1) is 12.4. The highest BCUT2D eigenvalue weighted by Crippen LogP contribution is 2.30. The summed E-state index contributed by atoms with van der Waals surface area (Å²) in [6.45, 7) is 0.389. The van der Waals surface area contributed by atoms with Crippen molar-refractivity contribution < 1.29 is 26.3 Å². The lowest BCUT2D eigenvalue weighted by Gasteiger charge is -2.07. The Morgan fingerprint density at radius 3 is 2.18 bits per heavy atom. The fourth-order valence-electron chi connectivity index (χ4n) is 1.36. The smallest absolute Gasteiger partial charge is 0.372 e. The second kappa shape index (κ2) is 3.99. The van der Waals surface area contributed by atoms with Crippen LogP contribution in [0, 0.1) is 0 Å². The van der Waals surface area contributed by atoms with Gasteiger partial charge < -0.3 is 4.74 Å². The first-order valence-electron chi connectivity index (χ1n) is 4.81. The predicted molar refractivity (Wildman–Crippen MR) is 53.2 cm³/mol. The van der Waals surface area contributed by atoms with E-state index in [0.29, 0.717) is 6.61 Å². The number of alkyl halides is 3. The molecule has 1 fully saturated rings. The van der Waals surface area contributed by atoms with E-state index in [9.17, 15) is 21.6 Å². The van der Waals surface area contributed by atoms with Gasteiger partial charge in [0.2, 0.25) is 0 Å². The Balaban J connectivity index is 2.22. The average Bonchev–Trinajstić information content (AvgIpc) is 3.00. The summed E-state index contributed by atoms with van der Waals surface area (Å²) in [6, 6.07) is 3.47. The van der Waals surface area contributed by atoms with Crippen LogP contribution < -0.4 is 0 Å². The summed E-state index contributed by atoms with van der Waals surface area (Å²) in [5, 5.41) is 0. The third-order valence-corrected chi connectivity index (χ3v) is 4.15. The molecule has 1 aliphatic rings. The van der Waals surface area contributed by atoms with Gasteiger partial charge in [-0.25, -0.2) is 8.42 Å². The van der Waals surface area contributed by atoms with Crippen molar-refractivity contribution in [2.45, 2.75) is 17.2 Å². The lowest BCUT2D eigenvalue weighted by Crippen LogP contribution is -2.12. The Hall–Kier alpha value is -1.08. The van der Waals surface area contributed by atoms with E-state index in [-0.39, 0.29) is 16.8 Å². The standard InChI is InChI=1S/C10H9F3O3S/c11-10(12,13)7-1-3-9(4-2-7)17(14,15)6-8-5-16-8/h1-4,8H,5-6H2. The largest absolute Gasteiger partial charge is 0.416 e. The third-order valence-electron chi connectivity index (χ3n) is 2.35. The summed E-state index contributed by atoms with van der Waals surface area (Å²) < 4.78 is 64.9. The van der Waals surface area contributed by atoms with Crippen LogP contribution in [0.1, 0.15) is 5.56 Å². The van der Waals surface area contributed by atoms with E-state index >= 15 is 0 Å². The highest BCUT2D eigenvalue weighted by atomic mass is 32.2. The van der Waals surface area contributed by atoms with Crippen molar-refractivity contribution in [1.82, 2.24) is 0 Å². The molecule has 0 aliphatic carbocycles. The predicted octanol–water partition coefficient (Wildman–Crippen LogP) is 1.88. The van der Waals surface area contributed by atoms with Gasteiger partial charge in [0.05, 0.1) is 28.9 Å². The zero-order valence-electron chi connectivity index (χ0n) is 8.57. The van der Waals surface area contributed by atoms with Gasteiger partial charge >= 0.3 is 6.18 Å². The van der Waals surface area contributed by atoms with Crippen molar-refractivity contribution in [1.29, 1.82) is 0 Å². The fraction of sp³-hybridized carbons (Fsp3) is 0.400. The second-order valence-electron chi connectivity index (χ2n) is 3.76. The first-order chi connectivity index (χ1) is 7.79. The highest BCUT2D eigenvalue weighted by Gasteiger charge is 2.32. The molecule has 0 spiro atoms. The second-order valence-corrected chi connectivity index (χ2v) is 5.79. The SMILES string of the molecule is O=S(=O)(CC1CO1)c1ccc(C(F)(F)F)cc1. The zero-order chi connectivity index (χ0) is 12.7. The van der Waals surface area contributed by atoms with Gasteiger partial charge in [-0.1, -0.05) is 0 Å². The molecule has 3 nitrogen and oxygen atoms in total. The Labute approximate surface area is 96.1 Å². The summed E-state index contributed by atoms with van der Waals surface area (Å²) in [7, 11) is -3.55. The average molecular weight is 266 g/mol. The molecule has 0 amide bonds. The monoisotopic (exact) mass is 266 g/mol. The van der Waals surface area contributed by atoms with E-state index < -0.39 is 21.6 Å². The maximum absolute atomic E-state index is 12.3. The van der Waals surface area contributed by atoms with Crippen LogP contribution in [-0.2, 0) is 20.8 Å². The van der Waals surface area contributed by atoms with Crippen LogP contribution in [0.2, 0.25) is 0 Å². The molecule has 1 heterocycles. The molecule has 0 radical (unpaired) electrons. The Kier molecular flexibility index (Phi) is 2.90. The minimum Gasteiger partial charge on any atom is -0.372 e. The van der Waals surface area contributed by atoms with Gasteiger partial charge in [-0.05, 0) is 24.3 Å². The molecule has 1 atom stereocenters. The molecule has 17 heavy (non-hydrogen) atoms. The Bertz CT molecular complexity index is 501. The first-order valence-corrected chi connectivity index (χ1v) is 6.46. The van der Waals surface area contributed by atoms with Crippen LogP contribution in [0.15, 0.2) is 29.2 Å². The molecule has 0 aromatic heterocycles. The normalized spacial score (nSPS) is 20.3. The molecule has 1 aromatic rings. The van der Waals surface area contributed by atoms with Crippen molar-refractivity contribution in [2.24, 2.45) is 0 Å². The van der Waals surface area contributed by atoms with Crippen LogP contribution in [-0.4, -0.2) is 26.9 Å². The number of rotatable bonds is 3. The van der Waals surface area contributed by atoms with Crippen LogP contribution in [0.5, 0.6) is 0 Å². The van der Waals surface area contributed by atoms with E-state index in [1.165, 1.54) is 0 Å². The number of halogens is 3. The number of ether oxygens (including phenoxy) is 1. The zero-order valence-corrected chi connectivity index (χ0v) is 9.38. The molecule has 0 bridgehead atoms. The number of hydrogen-bond donors (Lipinski definition) is 0. The summed E-state index contributed by atoms with van der Waals surface area (Å²) in [4.78, 5) is -0.110. The van der Waals surface area contributed by atoms with Gasteiger partial charge in [0.15, 0.2) is 9.84 Å². The lowest BCUT2D eigenvalue weighted by molar-refractivity contribution is -0.137. The molecular formula is C10H9F3O3S. The molecule has 1 aliphatic heterocycles. The van der Waals surface area contributed by atoms with E-state index in [2.05, 4.69) is 0 Å². The van der Waals surface area contributed by atoms with Crippen molar-refractivity contribution in [2.75, 3.05) is 12.4 Å². The van der Waals surface area contributed by atoms with E-state index in [1.54, 1.807) is 0 Å². The molecule has 7 heteroatoms. The van der Waals surface area contributed by atoms with E-state index in [4.69, 9.17) is 4.74 Å². The Morgan fingerprint density at radius 2 is 1.76 bits per heavy atom. The maximum Gasteiger partial charge on any atom is 0.416 e.